The summed E-state index contributed by atoms with van der Waals surface area (Å²) in [7, 11) is 0. The monoisotopic (exact) mass is 384 g/mol. The Morgan fingerprint density at radius 1 is 1.11 bits per heavy atom. The van der Waals surface area contributed by atoms with E-state index in [0.29, 0.717) is 23.6 Å². The van der Waals surface area contributed by atoms with E-state index in [-0.39, 0.29) is 5.91 Å². The number of rotatable bonds is 8. The molecule has 3 rings (SSSR count). The summed E-state index contributed by atoms with van der Waals surface area (Å²) in [6.45, 7) is 6.25. The molecule has 27 heavy (non-hydrogen) atoms. The first-order chi connectivity index (χ1) is 13.2. The van der Waals surface area contributed by atoms with Crippen molar-refractivity contribution in [2.75, 3.05) is 51.2 Å². The lowest BCUT2D eigenvalue weighted by Gasteiger charge is -2.34. The van der Waals surface area contributed by atoms with Gasteiger partial charge in [0.2, 0.25) is 5.91 Å². The fourth-order valence-electron chi connectivity index (χ4n) is 2.99. The SMILES string of the molecule is N#Cc1ccsc1NC(=O)CCN1CCN(CCOc2ccccc2)CC1. The highest BCUT2D eigenvalue weighted by Crippen LogP contribution is 2.22. The molecule has 1 aliphatic heterocycles. The van der Waals surface area contributed by atoms with Crippen molar-refractivity contribution in [1.82, 2.24) is 9.80 Å². The number of benzene rings is 1. The van der Waals surface area contributed by atoms with Crippen molar-refractivity contribution in [2.24, 2.45) is 0 Å². The van der Waals surface area contributed by atoms with Crippen LogP contribution in [0.2, 0.25) is 0 Å². The summed E-state index contributed by atoms with van der Waals surface area (Å²) >= 11 is 1.38. The summed E-state index contributed by atoms with van der Waals surface area (Å²) in [5.74, 6) is 0.875. The zero-order chi connectivity index (χ0) is 18.9. The van der Waals surface area contributed by atoms with E-state index in [1.807, 2.05) is 35.7 Å². The van der Waals surface area contributed by atoms with Crippen LogP contribution in [0.3, 0.4) is 0 Å². The van der Waals surface area contributed by atoms with Gasteiger partial charge in [-0.15, -0.1) is 11.3 Å². The number of ether oxygens (including phenoxy) is 1. The third kappa shape index (κ3) is 6.07. The molecule has 1 aliphatic rings. The van der Waals surface area contributed by atoms with E-state index in [2.05, 4.69) is 21.2 Å². The van der Waals surface area contributed by atoms with E-state index in [9.17, 15) is 4.79 Å². The van der Waals surface area contributed by atoms with Crippen LogP contribution < -0.4 is 10.1 Å². The second-order valence-electron chi connectivity index (χ2n) is 6.42. The van der Waals surface area contributed by atoms with Gasteiger partial charge in [-0.1, -0.05) is 18.2 Å². The molecule has 0 radical (unpaired) electrons. The average Bonchev–Trinajstić information content (AvgIpc) is 3.15. The fourth-order valence-corrected chi connectivity index (χ4v) is 3.74. The van der Waals surface area contributed by atoms with Crippen LogP contribution in [-0.4, -0.2) is 61.6 Å². The second-order valence-corrected chi connectivity index (χ2v) is 7.33. The molecule has 1 saturated heterocycles. The van der Waals surface area contributed by atoms with Crippen molar-refractivity contribution in [3.05, 3.63) is 47.3 Å². The lowest BCUT2D eigenvalue weighted by molar-refractivity contribution is -0.116. The van der Waals surface area contributed by atoms with Gasteiger partial charge in [-0.05, 0) is 23.6 Å². The molecular formula is C20H24N4O2S. The molecule has 0 saturated carbocycles. The first-order valence-electron chi connectivity index (χ1n) is 9.14. The highest BCUT2D eigenvalue weighted by molar-refractivity contribution is 7.14. The molecule has 1 aromatic carbocycles. The van der Waals surface area contributed by atoms with Gasteiger partial charge in [-0.25, -0.2) is 0 Å². The molecule has 1 aromatic heterocycles. The summed E-state index contributed by atoms with van der Waals surface area (Å²) in [4.78, 5) is 16.8. The number of amides is 1. The number of anilines is 1. The average molecular weight is 385 g/mol. The third-order valence-corrected chi connectivity index (χ3v) is 5.41. The number of hydrogen-bond donors (Lipinski definition) is 1. The predicted octanol–water partition coefficient (Wildman–Crippen LogP) is 2.64. The third-order valence-electron chi connectivity index (χ3n) is 4.58. The smallest absolute Gasteiger partial charge is 0.226 e. The summed E-state index contributed by atoms with van der Waals surface area (Å²) in [6, 6.07) is 13.7. The first-order valence-corrected chi connectivity index (χ1v) is 10.0. The number of nitrogens with one attached hydrogen (secondary N) is 1. The van der Waals surface area contributed by atoms with Gasteiger partial charge in [0.1, 0.15) is 23.4 Å². The molecule has 0 spiro atoms. The molecule has 7 heteroatoms. The van der Waals surface area contributed by atoms with Gasteiger partial charge in [0.15, 0.2) is 0 Å². The van der Waals surface area contributed by atoms with Gasteiger partial charge in [-0.2, -0.15) is 5.26 Å². The van der Waals surface area contributed by atoms with Crippen molar-refractivity contribution in [1.29, 1.82) is 5.26 Å². The number of hydrogen-bond acceptors (Lipinski definition) is 6. The van der Waals surface area contributed by atoms with Crippen LogP contribution in [0.15, 0.2) is 41.8 Å². The molecule has 6 nitrogen and oxygen atoms in total. The normalized spacial score (nSPS) is 15.2. The Balaban J connectivity index is 1.30. The summed E-state index contributed by atoms with van der Waals surface area (Å²) in [5.41, 5.74) is 0.527. The van der Waals surface area contributed by atoms with E-state index in [4.69, 9.17) is 10.00 Å². The number of nitrogens with zero attached hydrogens (tertiary/aromatic N) is 3. The number of para-hydroxylation sites is 1. The highest BCUT2D eigenvalue weighted by Gasteiger charge is 2.17. The maximum atomic E-state index is 12.1. The minimum absolute atomic E-state index is 0.0346. The maximum absolute atomic E-state index is 12.1. The Kier molecular flexibility index (Phi) is 7.22. The molecule has 0 unspecified atom stereocenters. The number of piperazine rings is 1. The molecular weight excluding hydrogens is 360 g/mol. The number of carbonyl (C=O) groups excluding carboxylic acids is 1. The Labute approximate surface area is 164 Å². The zero-order valence-corrected chi connectivity index (χ0v) is 16.1. The largest absolute Gasteiger partial charge is 0.492 e. The zero-order valence-electron chi connectivity index (χ0n) is 15.3. The quantitative estimate of drug-likeness (QED) is 0.758. The molecule has 1 N–H and O–H groups in total. The number of thiophene rings is 1. The van der Waals surface area contributed by atoms with Crippen molar-refractivity contribution in [3.63, 3.8) is 0 Å². The van der Waals surface area contributed by atoms with Gasteiger partial charge in [0, 0.05) is 45.7 Å². The lowest BCUT2D eigenvalue weighted by Crippen LogP contribution is -2.48. The fraction of sp³-hybridized carbons (Fsp3) is 0.400. The molecule has 0 aliphatic carbocycles. The molecule has 2 heterocycles. The van der Waals surface area contributed by atoms with Crippen molar-refractivity contribution >= 4 is 22.2 Å². The van der Waals surface area contributed by atoms with Crippen molar-refractivity contribution < 1.29 is 9.53 Å². The topological polar surface area (TPSA) is 68.6 Å². The Hall–Kier alpha value is -2.40. The Morgan fingerprint density at radius 2 is 1.81 bits per heavy atom. The van der Waals surface area contributed by atoms with Crippen LogP contribution in [0.5, 0.6) is 5.75 Å². The Morgan fingerprint density at radius 3 is 2.52 bits per heavy atom. The predicted molar refractivity (Wildman–Crippen MR) is 107 cm³/mol. The lowest BCUT2D eigenvalue weighted by atomic mass is 10.2. The van der Waals surface area contributed by atoms with Crippen LogP contribution >= 0.6 is 11.3 Å². The van der Waals surface area contributed by atoms with Crippen LogP contribution in [0, 0.1) is 11.3 Å². The number of nitriles is 1. The van der Waals surface area contributed by atoms with Gasteiger partial charge in [0.25, 0.3) is 0 Å². The van der Waals surface area contributed by atoms with E-state index in [1.54, 1.807) is 6.07 Å². The molecule has 1 amide bonds. The van der Waals surface area contributed by atoms with Crippen LogP contribution in [0.4, 0.5) is 5.00 Å². The Bertz CT molecular complexity index is 764. The van der Waals surface area contributed by atoms with Crippen molar-refractivity contribution in [2.45, 2.75) is 6.42 Å². The van der Waals surface area contributed by atoms with E-state index in [1.165, 1.54) is 11.3 Å². The minimum Gasteiger partial charge on any atom is -0.492 e. The van der Waals surface area contributed by atoms with Crippen LogP contribution in [0.25, 0.3) is 0 Å². The summed E-state index contributed by atoms with van der Waals surface area (Å²) < 4.78 is 5.75. The second kappa shape index (κ2) is 10.1. The minimum atomic E-state index is -0.0346. The van der Waals surface area contributed by atoms with Gasteiger partial charge in [-0.3, -0.25) is 9.69 Å². The van der Waals surface area contributed by atoms with Gasteiger partial charge in [0.05, 0.1) is 5.56 Å². The van der Waals surface area contributed by atoms with Gasteiger partial charge < -0.3 is 15.0 Å². The molecule has 0 atom stereocenters. The molecule has 0 bridgehead atoms. The summed E-state index contributed by atoms with van der Waals surface area (Å²) in [5, 5.41) is 14.3. The molecule has 1 fully saturated rings. The maximum Gasteiger partial charge on any atom is 0.226 e. The van der Waals surface area contributed by atoms with Crippen LogP contribution in [0.1, 0.15) is 12.0 Å². The number of carbonyl (C=O) groups is 1. The molecule has 142 valence electrons. The first kappa shape index (κ1) is 19.4. The van der Waals surface area contributed by atoms with Crippen LogP contribution in [-0.2, 0) is 4.79 Å². The van der Waals surface area contributed by atoms with Gasteiger partial charge >= 0.3 is 0 Å². The summed E-state index contributed by atoms with van der Waals surface area (Å²) in [6.07, 6.45) is 0.444. The molecule has 2 aromatic rings. The van der Waals surface area contributed by atoms with E-state index in [0.717, 1.165) is 45.0 Å². The van der Waals surface area contributed by atoms with E-state index < -0.39 is 0 Å². The van der Waals surface area contributed by atoms with Crippen molar-refractivity contribution in [3.8, 4) is 11.8 Å². The van der Waals surface area contributed by atoms with E-state index >= 15 is 0 Å². The highest BCUT2D eigenvalue weighted by atomic mass is 32.1. The standard InChI is InChI=1S/C20H24N4O2S/c21-16-17-7-15-27-20(17)22-19(25)6-8-23-9-11-24(12-10-23)13-14-26-18-4-2-1-3-5-18/h1-5,7,15H,6,8-14H2,(H,22,25).